The van der Waals surface area contributed by atoms with E-state index in [2.05, 4.69) is 0 Å². The van der Waals surface area contributed by atoms with Crippen LogP contribution in [0.1, 0.15) is 6.92 Å². The van der Waals surface area contributed by atoms with Crippen molar-refractivity contribution in [1.29, 1.82) is 0 Å². The highest BCUT2D eigenvalue weighted by molar-refractivity contribution is 7.87. The van der Waals surface area contributed by atoms with Crippen LogP contribution < -0.4 is 15.9 Å². The number of hydrogen-bond acceptors (Lipinski definition) is 5. The topological polar surface area (TPSA) is 81.8 Å². The highest BCUT2D eigenvalue weighted by atomic mass is 31.2. The molecule has 0 aliphatic rings. The summed E-state index contributed by atoms with van der Waals surface area (Å²) in [5.41, 5.74) is 0.0139. The van der Waals surface area contributed by atoms with E-state index >= 15 is 0 Å². The van der Waals surface area contributed by atoms with Crippen LogP contribution in [-0.4, -0.2) is 17.5 Å². The van der Waals surface area contributed by atoms with Crippen molar-refractivity contribution in [3.05, 3.63) is 107 Å². The average molecular weight is 420 g/mol. The molecule has 7 heteroatoms. The first-order valence-electron chi connectivity index (χ1n) is 9.39. The number of hydrogen-bond donors (Lipinski definition) is 0. The van der Waals surface area contributed by atoms with Gasteiger partial charge in [-0.25, -0.2) is 4.79 Å². The lowest BCUT2D eigenvalue weighted by atomic mass is 10.3. The van der Waals surface area contributed by atoms with Crippen LogP contribution in [0.15, 0.2) is 102 Å². The van der Waals surface area contributed by atoms with Gasteiger partial charge in [0.05, 0.1) is 18.6 Å². The monoisotopic (exact) mass is 420 g/mol. The predicted octanol–water partition coefficient (Wildman–Crippen LogP) is 4.15. The smallest absolute Gasteiger partial charge is 0.332 e. The molecule has 0 spiro atoms. The van der Waals surface area contributed by atoms with Crippen LogP contribution in [-0.2, 0) is 9.53 Å². The Morgan fingerprint density at radius 2 is 1.43 bits per heavy atom. The molecule has 0 N–H and O–H groups in total. The van der Waals surface area contributed by atoms with Gasteiger partial charge < -0.3 is 4.74 Å². The number of benzene rings is 3. The first-order chi connectivity index (χ1) is 14.6. The lowest BCUT2D eigenvalue weighted by molar-refractivity contribution is -0.384. The second kappa shape index (κ2) is 9.81. The molecule has 30 heavy (non-hydrogen) atoms. The summed E-state index contributed by atoms with van der Waals surface area (Å²) in [7, 11) is -2.57. The highest BCUT2D eigenvalue weighted by Crippen LogP contribution is 2.46. The largest absolute Gasteiger partial charge is 0.463 e. The summed E-state index contributed by atoms with van der Waals surface area (Å²) >= 11 is 0. The van der Waals surface area contributed by atoms with E-state index in [1.54, 1.807) is 19.1 Å². The Hall–Kier alpha value is -3.50. The van der Waals surface area contributed by atoms with Crippen molar-refractivity contribution in [3.63, 3.8) is 0 Å². The van der Waals surface area contributed by atoms with Crippen molar-refractivity contribution in [1.82, 2.24) is 0 Å². The number of nitrogens with zero attached hydrogens (tertiary/aromatic N) is 2. The number of rotatable bonds is 7. The number of nitro groups is 1. The van der Waals surface area contributed by atoms with E-state index in [0.717, 1.165) is 15.9 Å². The summed E-state index contributed by atoms with van der Waals surface area (Å²) in [5.74, 6) is -0.468. The summed E-state index contributed by atoms with van der Waals surface area (Å²) in [6.07, 6.45) is 2.78. The summed E-state index contributed by atoms with van der Waals surface area (Å²) in [6, 6.07) is 26.0. The number of carbonyl (C=O) groups excluding carboxylic acids is 1. The van der Waals surface area contributed by atoms with Gasteiger partial charge in [0, 0.05) is 40.3 Å². The fourth-order valence-electron chi connectivity index (χ4n) is 3.11. The quantitative estimate of drug-likeness (QED) is 0.189. The van der Waals surface area contributed by atoms with Crippen molar-refractivity contribution in [3.8, 4) is 0 Å². The minimum atomic E-state index is -2.57. The molecule has 152 valence electrons. The third kappa shape index (κ3) is 4.56. The maximum absolute atomic E-state index is 11.8. The minimum absolute atomic E-state index is 0.0139. The predicted molar refractivity (Wildman–Crippen MR) is 120 cm³/mol. The summed E-state index contributed by atoms with van der Waals surface area (Å²) in [5, 5.41) is 13.9. The van der Waals surface area contributed by atoms with Crippen LogP contribution in [0.5, 0.6) is 0 Å². The van der Waals surface area contributed by atoms with Crippen molar-refractivity contribution >= 4 is 34.6 Å². The standard InChI is InChI=1S/C23H21N2O4P/c1-2-29-23(26)17-18-24-30(20-9-5-3-6-10-20,21-11-7-4-8-12-21)22-15-13-19(14-16-22)25(27)28/h3-18H,2H2,1H3/b18-17+. The van der Waals surface area contributed by atoms with E-state index in [1.165, 1.54) is 24.4 Å². The van der Waals surface area contributed by atoms with Crippen molar-refractivity contribution < 1.29 is 14.5 Å². The molecule has 0 unspecified atom stereocenters. The molecular weight excluding hydrogens is 399 g/mol. The first kappa shape index (κ1) is 21.2. The number of ether oxygens (including phenoxy) is 1. The maximum atomic E-state index is 11.8. The van der Waals surface area contributed by atoms with Gasteiger partial charge in [0.25, 0.3) is 5.69 Å². The number of carbonyl (C=O) groups is 1. The fourth-order valence-corrected chi connectivity index (χ4v) is 6.46. The molecule has 3 rings (SSSR count). The van der Waals surface area contributed by atoms with Gasteiger partial charge in [-0.05, 0) is 19.1 Å². The molecule has 0 heterocycles. The second-order valence-electron chi connectivity index (χ2n) is 6.26. The Morgan fingerprint density at radius 3 is 1.90 bits per heavy atom. The van der Waals surface area contributed by atoms with E-state index in [9.17, 15) is 14.9 Å². The molecule has 0 bridgehead atoms. The van der Waals surface area contributed by atoms with Crippen LogP contribution in [0.4, 0.5) is 5.69 Å². The molecule has 0 amide bonds. The van der Waals surface area contributed by atoms with Gasteiger partial charge >= 0.3 is 5.97 Å². The summed E-state index contributed by atoms with van der Waals surface area (Å²) < 4.78 is 9.89. The van der Waals surface area contributed by atoms with Crippen molar-refractivity contribution in [2.45, 2.75) is 6.92 Å². The van der Waals surface area contributed by atoms with E-state index in [-0.39, 0.29) is 12.3 Å². The van der Waals surface area contributed by atoms with Gasteiger partial charge in [0.15, 0.2) is 0 Å². The molecule has 0 saturated heterocycles. The molecule has 3 aromatic carbocycles. The lowest BCUT2D eigenvalue weighted by Gasteiger charge is -2.26. The number of non-ortho nitro benzene ring substituents is 1. The molecule has 0 aromatic heterocycles. The van der Waals surface area contributed by atoms with Crippen LogP contribution in [0.2, 0.25) is 0 Å². The van der Waals surface area contributed by atoms with Gasteiger partial charge in [-0.2, -0.15) is 0 Å². The molecule has 0 radical (unpaired) electrons. The Morgan fingerprint density at radius 1 is 0.933 bits per heavy atom. The van der Waals surface area contributed by atoms with Gasteiger partial charge in [-0.1, -0.05) is 60.7 Å². The molecule has 0 atom stereocenters. The van der Waals surface area contributed by atoms with E-state index < -0.39 is 17.9 Å². The molecule has 0 fully saturated rings. The molecule has 0 saturated carbocycles. The van der Waals surface area contributed by atoms with Gasteiger partial charge in [0.2, 0.25) is 0 Å². The third-order valence-corrected chi connectivity index (χ3v) is 8.05. The lowest BCUT2D eigenvalue weighted by Crippen LogP contribution is -2.25. The summed E-state index contributed by atoms with van der Waals surface area (Å²) in [6.45, 7) is 2.02. The SMILES string of the molecule is CCOC(=O)/C=C/N=P(c1ccccc1)(c1ccccc1)c1ccc([N+](=O)[O-])cc1. The van der Waals surface area contributed by atoms with Crippen LogP contribution in [0.25, 0.3) is 0 Å². The van der Waals surface area contributed by atoms with Crippen molar-refractivity contribution in [2.24, 2.45) is 4.74 Å². The molecule has 0 aliphatic carbocycles. The molecular formula is C23H21N2O4P. The van der Waals surface area contributed by atoms with E-state index in [1.807, 2.05) is 60.7 Å². The van der Waals surface area contributed by atoms with Crippen LogP contribution >= 0.6 is 7.05 Å². The van der Waals surface area contributed by atoms with Crippen LogP contribution in [0, 0.1) is 10.1 Å². The fraction of sp³-hybridized carbons (Fsp3) is 0.0870. The van der Waals surface area contributed by atoms with E-state index in [4.69, 9.17) is 9.48 Å². The average Bonchev–Trinajstić information content (AvgIpc) is 2.78. The molecule has 0 aliphatic heterocycles. The maximum Gasteiger partial charge on any atom is 0.332 e. The van der Waals surface area contributed by atoms with Crippen LogP contribution in [0.3, 0.4) is 0 Å². The van der Waals surface area contributed by atoms with Gasteiger partial charge in [-0.3, -0.25) is 14.9 Å². The van der Waals surface area contributed by atoms with Crippen molar-refractivity contribution in [2.75, 3.05) is 6.61 Å². The molecule has 3 aromatic rings. The number of nitro benzene ring substituents is 1. The summed E-state index contributed by atoms with van der Waals surface area (Å²) in [4.78, 5) is 22.5. The van der Waals surface area contributed by atoms with Gasteiger partial charge in [0.1, 0.15) is 0 Å². The Bertz CT molecular complexity index is 1050. The van der Waals surface area contributed by atoms with E-state index in [0.29, 0.717) is 0 Å². The number of esters is 1. The Labute approximate surface area is 175 Å². The molecule has 6 nitrogen and oxygen atoms in total. The third-order valence-electron chi connectivity index (χ3n) is 4.43. The Balaban J connectivity index is 2.29. The second-order valence-corrected chi connectivity index (χ2v) is 9.31. The normalized spacial score (nSPS) is 11.2. The minimum Gasteiger partial charge on any atom is -0.463 e. The first-order valence-corrected chi connectivity index (χ1v) is 11.1. The zero-order chi connectivity index (χ0) is 21.4. The zero-order valence-corrected chi connectivity index (χ0v) is 17.3. The van der Waals surface area contributed by atoms with Gasteiger partial charge in [-0.15, -0.1) is 0 Å². The zero-order valence-electron chi connectivity index (χ0n) is 16.4. The highest BCUT2D eigenvalue weighted by Gasteiger charge is 2.27. The Kier molecular flexibility index (Phi) is 6.94.